The molecule has 1 spiro atoms. The van der Waals surface area contributed by atoms with Gasteiger partial charge in [0.1, 0.15) is 5.60 Å². The summed E-state index contributed by atoms with van der Waals surface area (Å²) in [6.45, 7) is 12.0. The first-order valence-electron chi connectivity index (χ1n) is 15.3. The van der Waals surface area contributed by atoms with E-state index >= 15 is 0 Å². The van der Waals surface area contributed by atoms with E-state index in [4.69, 9.17) is 14.5 Å². The van der Waals surface area contributed by atoms with Gasteiger partial charge in [-0.3, -0.25) is 14.7 Å². The fraction of sp³-hybridized carbons (Fsp3) is 0.471. The second-order valence-corrected chi connectivity index (χ2v) is 12.5. The summed E-state index contributed by atoms with van der Waals surface area (Å²) in [5.41, 5.74) is 4.31. The Kier molecular flexibility index (Phi) is 9.30. The maximum atomic E-state index is 13.6. The minimum absolute atomic E-state index is 0.00335. The van der Waals surface area contributed by atoms with Crippen molar-refractivity contribution in [2.24, 2.45) is 0 Å². The van der Waals surface area contributed by atoms with Crippen molar-refractivity contribution in [1.29, 1.82) is 0 Å². The third kappa shape index (κ3) is 7.51. The van der Waals surface area contributed by atoms with Gasteiger partial charge in [0, 0.05) is 37.7 Å². The van der Waals surface area contributed by atoms with E-state index in [0.29, 0.717) is 25.6 Å². The first-order chi connectivity index (χ1) is 20.7. The Morgan fingerprint density at radius 1 is 1.02 bits per heavy atom. The normalized spacial score (nSPS) is 16.4. The minimum Gasteiger partial charge on any atom is -0.477 e. The third-order valence-electron chi connectivity index (χ3n) is 8.13. The van der Waals surface area contributed by atoms with Crippen LogP contribution in [0.2, 0.25) is 0 Å². The highest BCUT2D eigenvalue weighted by molar-refractivity contribution is 5.78. The van der Waals surface area contributed by atoms with Crippen LogP contribution in [0.3, 0.4) is 0 Å². The number of hydrogen-bond donors (Lipinski definition) is 1. The zero-order valence-corrected chi connectivity index (χ0v) is 25.8. The molecule has 0 aliphatic carbocycles. The molecule has 0 unspecified atom stereocenters. The van der Waals surface area contributed by atoms with E-state index in [1.807, 2.05) is 50.8 Å². The second kappa shape index (κ2) is 13.1. The molecule has 0 saturated carbocycles. The molecule has 9 heteroatoms. The van der Waals surface area contributed by atoms with Crippen LogP contribution >= 0.6 is 0 Å². The summed E-state index contributed by atoms with van der Waals surface area (Å²) in [7, 11) is 0. The number of nitrogens with zero attached hydrogens (tertiary/aromatic N) is 4. The van der Waals surface area contributed by atoms with Crippen LogP contribution in [0.5, 0.6) is 5.88 Å². The van der Waals surface area contributed by atoms with Gasteiger partial charge in [-0.25, -0.2) is 9.78 Å². The van der Waals surface area contributed by atoms with E-state index < -0.39 is 11.7 Å². The molecule has 2 aromatic heterocycles. The smallest absolute Gasteiger partial charge is 0.407 e. The van der Waals surface area contributed by atoms with Crippen molar-refractivity contribution in [1.82, 2.24) is 25.1 Å². The highest BCUT2D eigenvalue weighted by Gasteiger charge is 2.44. The first-order valence-corrected chi connectivity index (χ1v) is 15.3. The number of benzene rings is 1. The molecule has 1 N–H and O–H groups in total. The summed E-state index contributed by atoms with van der Waals surface area (Å²) in [6.07, 6.45) is 3.27. The van der Waals surface area contributed by atoms with Crippen LogP contribution in [-0.2, 0) is 28.0 Å². The Labute approximate surface area is 254 Å². The second-order valence-electron chi connectivity index (χ2n) is 12.5. The Morgan fingerprint density at radius 2 is 1.79 bits per heavy atom. The van der Waals surface area contributed by atoms with Crippen molar-refractivity contribution in [3.8, 4) is 17.1 Å². The molecule has 0 bridgehead atoms. The molecule has 0 radical (unpaired) electrons. The van der Waals surface area contributed by atoms with Crippen molar-refractivity contribution in [3.63, 3.8) is 0 Å². The molecule has 0 atom stereocenters. The van der Waals surface area contributed by atoms with Gasteiger partial charge >= 0.3 is 6.09 Å². The number of piperidine rings is 1. The molecular weight excluding hydrogens is 542 g/mol. The Hall–Kier alpha value is -3.98. The summed E-state index contributed by atoms with van der Waals surface area (Å²) < 4.78 is 11.1. The maximum Gasteiger partial charge on any atom is 0.407 e. The van der Waals surface area contributed by atoms with Gasteiger partial charge in [-0.2, -0.15) is 0 Å². The summed E-state index contributed by atoms with van der Waals surface area (Å²) in [6, 6.07) is 18.7. The summed E-state index contributed by atoms with van der Waals surface area (Å²) in [5, 5.41) is 2.73. The molecule has 2 aliphatic heterocycles. The number of amides is 2. The van der Waals surface area contributed by atoms with Crippen molar-refractivity contribution >= 4 is 12.0 Å². The number of alkyl carbamates (subject to hydrolysis) is 1. The molecular formula is C34H43N5O4. The fourth-order valence-corrected chi connectivity index (χ4v) is 6.11. The summed E-state index contributed by atoms with van der Waals surface area (Å²) in [4.78, 5) is 39.7. The van der Waals surface area contributed by atoms with Gasteiger partial charge in [-0.1, -0.05) is 36.4 Å². The predicted octanol–water partition coefficient (Wildman–Crippen LogP) is 5.33. The van der Waals surface area contributed by atoms with Crippen LogP contribution < -0.4 is 10.1 Å². The van der Waals surface area contributed by atoms with Crippen LogP contribution in [0.15, 0.2) is 60.8 Å². The van der Waals surface area contributed by atoms with Crippen LogP contribution in [0, 0.1) is 0 Å². The number of likely N-dealkylation sites (tertiary alicyclic amines) is 1. The molecule has 4 heterocycles. The van der Waals surface area contributed by atoms with Gasteiger partial charge in [0.25, 0.3) is 0 Å². The molecule has 5 rings (SSSR count). The topological polar surface area (TPSA) is 96.9 Å². The maximum absolute atomic E-state index is 13.6. The quantitative estimate of drug-likeness (QED) is 0.382. The van der Waals surface area contributed by atoms with E-state index in [0.717, 1.165) is 49.4 Å². The van der Waals surface area contributed by atoms with Crippen LogP contribution in [-0.4, -0.2) is 70.2 Å². The SMILES string of the molecule is CCOc1ncccc1-c1ccc2c(n1)CN(C(=O)CCNC(=O)OC(C)(C)C)CC21CCN(Cc2ccccc2)CC1. The van der Waals surface area contributed by atoms with Gasteiger partial charge in [0.2, 0.25) is 11.8 Å². The van der Waals surface area contributed by atoms with Gasteiger partial charge in [0.05, 0.1) is 30.1 Å². The van der Waals surface area contributed by atoms with Gasteiger partial charge in [-0.15, -0.1) is 0 Å². The average molecular weight is 586 g/mol. The van der Waals surface area contributed by atoms with E-state index in [1.165, 1.54) is 11.1 Å². The van der Waals surface area contributed by atoms with Crippen molar-refractivity contribution in [2.45, 2.75) is 71.1 Å². The minimum atomic E-state index is -0.591. The van der Waals surface area contributed by atoms with E-state index in [-0.39, 0.29) is 24.3 Å². The lowest BCUT2D eigenvalue weighted by Gasteiger charge is -2.48. The molecule has 2 aliphatic rings. The standard InChI is InChI=1S/C34H43N5O4/c1-5-42-31-26(12-9-18-35-31)28-14-13-27-29(37-28)23-39(30(40)15-19-36-32(41)43-33(2,3)4)24-34(27)16-20-38(21-17-34)22-25-10-7-6-8-11-25/h6-14,18H,5,15-17,19-24H2,1-4H3,(H,36,41). The van der Waals surface area contributed by atoms with E-state index in [9.17, 15) is 9.59 Å². The number of ether oxygens (including phenoxy) is 2. The van der Waals surface area contributed by atoms with Gasteiger partial charge < -0.3 is 19.7 Å². The van der Waals surface area contributed by atoms with E-state index in [2.05, 4.69) is 51.6 Å². The number of carbonyl (C=O) groups excluding carboxylic acids is 2. The third-order valence-corrected chi connectivity index (χ3v) is 8.13. The number of nitrogens with one attached hydrogen (secondary N) is 1. The number of pyridine rings is 2. The zero-order chi connectivity index (χ0) is 30.5. The largest absolute Gasteiger partial charge is 0.477 e. The lowest BCUT2D eigenvalue weighted by atomic mass is 9.69. The fourth-order valence-electron chi connectivity index (χ4n) is 6.11. The van der Waals surface area contributed by atoms with Gasteiger partial charge in [0.15, 0.2) is 0 Å². The molecule has 1 fully saturated rings. The van der Waals surface area contributed by atoms with Gasteiger partial charge in [-0.05, 0) is 83.0 Å². The average Bonchev–Trinajstić information content (AvgIpc) is 2.98. The first kappa shape index (κ1) is 30.5. The van der Waals surface area contributed by atoms with Crippen molar-refractivity contribution in [3.05, 3.63) is 77.6 Å². The molecule has 228 valence electrons. The molecule has 9 nitrogen and oxygen atoms in total. The summed E-state index contributed by atoms with van der Waals surface area (Å²) in [5.74, 6) is 0.551. The monoisotopic (exact) mass is 585 g/mol. The predicted molar refractivity (Wildman–Crippen MR) is 166 cm³/mol. The Morgan fingerprint density at radius 3 is 2.51 bits per heavy atom. The molecule has 43 heavy (non-hydrogen) atoms. The number of hydrogen-bond acceptors (Lipinski definition) is 7. The highest BCUT2D eigenvalue weighted by atomic mass is 16.6. The number of aromatic nitrogens is 2. The Bertz CT molecular complexity index is 1410. The highest BCUT2D eigenvalue weighted by Crippen LogP contribution is 2.43. The zero-order valence-electron chi connectivity index (χ0n) is 25.8. The number of fused-ring (bicyclic) bond motifs is 2. The molecule has 1 aromatic carbocycles. The molecule has 3 aromatic rings. The lowest BCUT2D eigenvalue weighted by molar-refractivity contribution is -0.133. The number of carbonyl (C=O) groups is 2. The van der Waals surface area contributed by atoms with Crippen molar-refractivity contribution < 1.29 is 19.1 Å². The summed E-state index contributed by atoms with van der Waals surface area (Å²) >= 11 is 0. The van der Waals surface area contributed by atoms with Crippen LogP contribution in [0.1, 0.15) is 63.8 Å². The molecule has 1 saturated heterocycles. The lowest BCUT2D eigenvalue weighted by Crippen LogP contribution is -2.53. The molecule has 2 amide bonds. The van der Waals surface area contributed by atoms with Crippen LogP contribution in [0.4, 0.5) is 4.79 Å². The van der Waals surface area contributed by atoms with E-state index in [1.54, 1.807) is 6.20 Å². The Balaban J connectivity index is 1.37. The van der Waals surface area contributed by atoms with Crippen molar-refractivity contribution in [2.75, 3.05) is 32.8 Å². The van der Waals surface area contributed by atoms with Crippen LogP contribution in [0.25, 0.3) is 11.3 Å². The number of rotatable bonds is 8.